The van der Waals surface area contributed by atoms with Gasteiger partial charge in [-0.15, -0.1) is 0 Å². The molecule has 0 bridgehead atoms. The molecule has 30 heavy (non-hydrogen) atoms. The fourth-order valence-electron chi connectivity index (χ4n) is 3.25. The number of rotatable bonds is 5. The van der Waals surface area contributed by atoms with Crippen molar-refractivity contribution in [3.63, 3.8) is 0 Å². The fraction of sp³-hybridized carbons (Fsp3) is 0.381. The van der Waals surface area contributed by atoms with Crippen LogP contribution >= 0.6 is 0 Å². The molecule has 2 heterocycles. The van der Waals surface area contributed by atoms with Crippen LogP contribution in [0.25, 0.3) is 11.0 Å². The van der Waals surface area contributed by atoms with Gasteiger partial charge in [0.25, 0.3) is 5.56 Å². The molecule has 2 aromatic heterocycles. The van der Waals surface area contributed by atoms with Gasteiger partial charge in [-0.05, 0) is 39.3 Å². The van der Waals surface area contributed by atoms with Gasteiger partial charge in [0.1, 0.15) is 0 Å². The molecule has 0 saturated carbocycles. The van der Waals surface area contributed by atoms with Gasteiger partial charge in [0.15, 0.2) is 5.65 Å². The topological polar surface area (TPSA) is 68.9 Å². The number of carbonyl (C=O) groups excluding carboxylic acids is 1. The van der Waals surface area contributed by atoms with Gasteiger partial charge < -0.3 is 5.32 Å². The van der Waals surface area contributed by atoms with Crippen LogP contribution in [0.15, 0.2) is 35.3 Å². The molecule has 0 fully saturated rings. The maximum absolute atomic E-state index is 13.4. The largest absolute Gasteiger partial charge is 0.417 e. The summed E-state index contributed by atoms with van der Waals surface area (Å²) < 4.78 is 42.7. The number of alkyl halides is 3. The predicted octanol–water partition coefficient (Wildman–Crippen LogP) is 4.44. The van der Waals surface area contributed by atoms with Crippen molar-refractivity contribution in [2.24, 2.45) is 0 Å². The highest BCUT2D eigenvalue weighted by Crippen LogP contribution is 2.33. The van der Waals surface area contributed by atoms with E-state index in [1.165, 1.54) is 10.9 Å². The number of hydrogen-bond acceptors (Lipinski definition) is 3. The first-order chi connectivity index (χ1) is 14.0. The smallest absolute Gasteiger partial charge is 0.326 e. The number of pyridine rings is 1. The fourth-order valence-corrected chi connectivity index (χ4v) is 3.25. The van der Waals surface area contributed by atoms with Crippen molar-refractivity contribution < 1.29 is 18.0 Å². The number of hydrogen-bond donors (Lipinski definition) is 1. The zero-order valence-corrected chi connectivity index (χ0v) is 17.2. The molecule has 0 atom stereocenters. The van der Waals surface area contributed by atoms with E-state index in [4.69, 9.17) is 0 Å². The molecule has 0 aliphatic heterocycles. The van der Waals surface area contributed by atoms with Gasteiger partial charge in [-0.1, -0.05) is 17.7 Å². The Kier molecular flexibility index (Phi) is 5.74. The summed E-state index contributed by atoms with van der Waals surface area (Å²) in [6, 6.07) is 5.96. The van der Waals surface area contributed by atoms with E-state index in [9.17, 15) is 22.8 Å². The highest BCUT2D eigenvalue weighted by atomic mass is 19.4. The number of aryl methyl sites for hydroxylation is 3. The molecule has 0 unspecified atom stereocenters. The number of nitrogens with one attached hydrogen (secondary N) is 1. The molecular weight excluding hydrogens is 397 g/mol. The van der Waals surface area contributed by atoms with Crippen LogP contribution in [-0.2, 0) is 17.5 Å². The van der Waals surface area contributed by atoms with Crippen molar-refractivity contribution in [2.45, 2.75) is 52.9 Å². The van der Waals surface area contributed by atoms with Crippen LogP contribution in [0.4, 0.5) is 18.9 Å². The van der Waals surface area contributed by atoms with Crippen molar-refractivity contribution in [3.05, 3.63) is 57.5 Å². The molecule has 1 N–H and O–H groups in total. The third kappa shape index (κ3) is 4.39. The van der Waals surface area contributed by atoms with E-state index in [0.29, 0.717) is 11.8 Å². The van der Waals surface area contributed by atoms with Crippen molar-refractivity contribution >= 4 is 22.6 Å². The molecular formula is C21H23F3N4O2. The molecule has 1 aromatic carbocycles. The first kappa shape index (κ1) is 21.6. The summed E-state index contributed by atoms with van der Waals surface area (Å²) in [5.74, 6) is -0.342. The van der Waals surface area contributed by atoms with Gasteiger partial charge in [-0.3, -0.25) is 18.8 Å². The summed E-state index contributed by atoms with van der Waals surface area (Å²) in [5, 5.41) is 6.79. The van der Waals surface area contributed by atoms with Crippen LogP contribution in [-0.4, -0.2) is 20.3 Å². The van der Waals surface area contributed by atoms with Crippen molar-refractivity contribution in [1.82, 2.24) is 14.3 Å². The van der Waals surface area contributed by atoms with Crippen LogP contribution in [0.3, 0.4) is 0 Å². The first-order valence-electron chi connectivity index (χ1n) is 9.54. The van der Waals surface area contributed by atoms with Crippen LogP contribution < -0.4 is 10.9 Å². The van der Waals surface area contributed by atoms with Crippen LogP contribution in [0, 0.1) is 13.8 Å². The van der Waals surface area contributed by atoms with E-state index in [2.05, 4.69) is 10.4 Å². The summed E-state index contributed by atoms with van der Waals surface area (Å²) in [7, 11) is 0. The number of nitrogens with zero attached hydrogens (tertiary/aromatic N) is 3. The third-order valence-electron chi connectivity index (χ3n) is 4.85. The lowest BCUT2D eigenvalue weighted by atomic mass is 10.1. The van der Waals surface area contributed by atoms with Crippen LogP contribution in [0.1, 0.15) is 43.0 Å². The zero-order valence-electron chi connectivity index (χ0n) is 17.2. The number of amides is 1. The lowest BCUT2D eigenvalue weighted by molar-refractivity contribution is -0.136. The van der Waals surface area contributed by atoms with Crippen LogP contribution in [0.2, 0.25) is 0 Å². The Morgan fingerprint density at radius 2 is 1.90 bits per heavy atom. The minimum Gasteiger partial charge on any atom is -0.326 e. The number of carbonyl (C=O) groups is 1. The normalized spacial score (nSPS) is 12.0. The SMILES string of the molecule is Cc1ccc(NC(=O)CCn2c(=O)cc(C(F)(F)F)c3cn(C(C)C)nc32)c(C)c1. The Morgan fingerprint density at radius 3 is 2.50 bits per heavy atom. The Hall–Kier alpha value is -3.10. The second-order valence-corrected chi connectivity index (χ2v) is 7.60. The lowest BCUT2D eigenvalue weighted by Gasteiger charge is -2.12. The number of aromatic nitrogens is 3. The monoisotopic (exact) mass is 420 g/mol. The molecule has 3 rings (SSSR count). The summed E-state index contributed by atoms with van der Waals surface area (Å²) in [6.07, 6.45) is -3.47. The second-order valence-electron chi connectivity index (χ2n) is 7.60. The van der Waals surface area contributed by atoms with Gasteiger partial charge in [0.05, 0.1) is 5.56 Å². The maximum Gasteiger partial charge on any atom is 0.417 e. The highest BCUT2D eigenvalue weighted by molar-refractivity contribution is 5.91. The second kappa shape index (κ2) is 7.97. The first-order valence-corrected chi connectivity index (χ1v) is 9.54. The molecule has 0 spiro atoms. The van der Waals surface area contributed by atoms with E-state index in [-0.39, 0.29) is 35.9 Å². The molecule has 0 radical (unpaired) electrons. The van der Waals surface area contributed by atoms with E-state index in [0.717, 1.165) is 15.7 Å². The van der Waals surface area contributed by atoms with Crippen molar-refractivity contribution in [3.8, 4) is 0 Å². The molecule has 3 aromatic rings. The van der Waals surface area contributed by atoms with Gasteiger partial charge >= 0.3 is 6.18 Å². The van der Waals surface area contributed by atoms with Crippen LogP contribution in [0.5, 0.6) is 0 Å². The summed E-state index contributed by atoms with van der Waals surface area (Å²) in [5.41, 5.74) is 0.661. The van der Waals surface area contributed by atoms with Gasteiger partial charge in [0, 0.05) is 42.3 Å². The standard InChI is InChI=1S/C21H23F3N4O2/c1-12(2)28-11-15-16(21(22,23)24)10-19(30)27(20(15)26-28)8-7-18(29)25-17-6-5-13(3)9-14(17)4/h5-6,9-12H,7-8H2,1-4H3,(H,25,29). The number of benzene rings is 1. The van der Waals surface area contributed by atoms with Gasteiger partial charge in [-0.25, -0.2) is 0 Å². The number of fused-ring (bicyclic) bond motifs is 1. The van der Waals surface area contributed by atoms with E-state index < -0.39 is 17.3 Å². The quantitative estimate of drug-likeness (QED) is 0.663. The molecule has 160 valence electrons. The minimum atomic E-state index is -4.68. The third-order valence-corrected chi connectivity index (χ3v) is 4.85. The zero-order chi connectivity index (χ0) is 22.2. The van der Waals surface area contributed by atoms with E-state index >= 15 is 0 Å². The highest BCUT2D eigenvalue weighted by Gasteiger charge is 2.35. The van der Waals surface area contributed by atoms with Gasteiger partial charge in [-0.2, -0.15) is 18.3 Å². The molecule has 9 heteroatoms. The molecule has 0 saturated heterocycles. The van der Waals surface area contributed by atoms with Crippen molar-refractivity contribution in [2.75, 3.05) is 5.32 Å². The predicted molar refractivity (Wildman–Crippen MR) is 109 cm³/mol. The Morgan fingerprint density at radius 1 is 1.20 bits per heavy atom. The lowest BCUT2D eigenvalue weighted by Crippen LogP contribution is -2.25. The Balaban J connectivity index is 1.91. The van der Waals surface area contributed by atoms with Crippen molar-refractivity contribution in [1.29, 1.82) is 0 Å². The number of anilines is 1. The average Bonchev–Trinajstić information content (AvgIpc) is 3.07. The van der Waals surface area contributed by atoms with E-state index in [1.54, 1.807) is 19.9 Å². The number of halogens is 3. The maximum atomic E-state index is 13.4. The summed E-state index contributed by atoms with van der Waals surface area (Å²) in [4.78, 5) is 24.8. The van der Waals surface area contributed by atoms with Gasteiger partial charge in [0.2, 0.25) is 5.91 Å². The molecule has 0 aliphatic carbocycles. The molecule has 0 aliphatic rings. The summed E-state index contributed by atoms with van der Waals surface area (Å²) >= 11 is 0. The Labute approximate surface area is 171 Å². The van der Waals surface area contributed by atoms with E-state index in [1.807, 2.05) is 26.0 Å². The average molecular weight is 420 g/mol. The minimum absolute atomic E-state index is 0.0807. The summed E-state index contributed by atoms with van der Waals surface area (Å²) in [6.45, 7) is 7.28. The molecule has 1 amide bonds. The molecule has 6 nitrogen and oxygen atoms in total. The Bertz CT molecular complexity index is 1160.